The van der Waals surface area contributed by atoms with Gasteiger partial charge in [0, 0.05) is 50.3 Å². The number of nitrogens with one attached hydrogen (secondary N) is 2. The molecule has 2 aromatic carbocycles. The van der Waals surface area contributed by atoms with Gasteiger partial charge >= 0.3 is 0 Å². The molecular weight excluding hydrogens is 480 g/mol. The van der Waals surface area contributed by atoms with E-state index in [0.717, 1.165) is 43.8 Å². The Labute approximate surface area is 223 Å². The highest BCUT2D eigenvalue weighted by Crippen LogP contribution is 2.20. The number of aryl methyl sites for hydroxylation is 2. The smallest absolute Gasteiger partial charge is 0.275 e. The lowest BCUT2D eigenvalue weighted by Gasteiger charge is -2.36. The van der Waals surface area contributed by atoms with E-state index in [1.165, 1.54) is 16.8 Å². The van der Waals surface area contributed by atoms with Crippen molar-refractivity contribution >= 4 is 28.3 Å². The highest BCUT2D eigenvalue weighted by atomic mass is 16.2. The van der Waals surface area contributed by atoms with Crippen molar-refractivity contribution in [3.05, 3.63) is 69.6 Å². The molecule has 9 nitrogen and oxygen atoms in total. The highest BCUT2D eigenvalue weighted by Gasteiger charge is 2.18. The van der Waals surface area contributed by atoms with Crippen LogP contribution in [0.2, 0.25) is 0 Å². The van der Waals surface area contributed by atoms with E-state index < -0.39 is 0 Å². The number of aromatic nitrogens is 2. The summed E-state index contributed by atoms with van der Waals surface area (Å²) in [4.78, 5) is 42.6. The summed E-state index contributed by atoms with van der Waals surface area (Å²) in [6.45, 7) is 11.9. The van der Waals surface area contributed by atoms with E-state index in [1.54, 1.807) is 18.2 Å². The summed E-state index contributed by atoms with van der Waals surface area (Å²) in [5, 5.41) is 11.1. The Bertz CT molecular complexity index is 1340. The average molecular weight is 519 g/mol. The van der Waals surface area contributed by atoms with Crippen LogP contribution in [-0.2, 0) is 22.6 Å². The van der Waals surface area contributed by atoms with Crippen LogP contribution in [0.5, 0.6) is 0 Å². The molecule has 202 valence electrons. The number of anilines is 1. The van der Waals surface area contributed by atoms with Crippen molar-refractivity contribution in [1.29, 1.82) is 0 Å². The molecule has 1 aliphatic heterocycles. The van der Waals surface area contributed by atoms with E-state index >= 15 is 0 Å². The number of amides is 2. The molecule has 38 heavy (non-hydrogen) atoms. The van der Waals surface area contributed by atoms with Gasteiger partial charge in [0.1, 0.15) is 6.54 Å². The topological polar surface area (TPSA) is 99.6 Å². The van der Waals surface area contributed by atoms with E-state index in [0.29, 0.717) is 29.6 Å². The van der Waals surface area contributed by atoms with Gasteiger partial charge in [0.25, 0.3) is 5.56 Å². The Kier molecular flexibility index (Phi) is 9.12. The molecule has 2 amide bonds. The molecular formula is C29H38N6O3. The second-order valence-electron chi connectivity index (χ2n) is 9.89. The van der Waals surface area contributed by atoms with Crippen molar-refractivity contribution in [3.8, 4) is 0 Å². The van der Waals surface area contributed by atoms with Gasteiger partial charge in [-0.15, -0.1) is 0 Å². The van der Waals surface area contributed by atoms with Crippen LogP contribution < -0.4 is 21.1 Å². The molecule has 2 heterocycles. The van der Waals surface area contributed by atoms with Crippen molar-refractivity contribution in [2.24, 2.45) is 0 Å². The number of carbonyl (C=O) groups excluding carboxylic acids is 2. The van der Waals surface area contributed by atoms with E-state index in [4.69, 9.17) is 0 Å². The molecule has 9 heteroatoms. The molecule has 4 rings (SSSR count). The molecule has 1 aliphatic rings. The number of hydrogen-bond acceptors (Lipinski definition) is 6. The predicted molar refractivity (Wildman–Crippen MR) is 151 cm³/mol. The van der Waals surface area contributed by atoms with Gasteiger partial charge < -0.3 is 15.5 Å². The number of fused-ring (bicyclic) bond motifs is 1. The molecule has 1 aromatic heterocycles. The predicted octanol–water partition coefficient (Wildman–Crippen LogP) is 2.02. The Morgan fingerprint density at radius 1 is 0.921 bits per heavy atom. The Hall–Kier alpha value is -3.72. The molecule has 0 unspecified atom stereocenters. The van der Waals surface area contributed by atoms with E-state index in [1.807, 2.05) is 13.0 Å². The molecule has 1 fully saturated rings. The van der Waals surface area contributed by atoms with Crippen LogP contribution >= 0.6 is 0 Å². The zero-order valence-electron chi connectivity index (χ0n) is 22.6. The number of benzene rings is 2. The zero-order valence-corrected chi connectivity index (χ0v) is 22.6. The lowest BCUT2D eigenvalue weighted by molar-refractivity contribution is -0.122. The fraction of sp³-hybridized carbons (Fsp3) is 0.448. The van der Waals surface area contributed by atoms with Crippen molar-refractivity contribution in [3.63, 3.8) is 0 Å². The molecule has 2 N–H and O–H groups in total. The molecule has 0 aliphatic carbocycles. The monoisotopic (exact) mass is 518 g/mol. The largest absolute Gasteiger partial charge is 0.369 e. The molecule has 0 bridgehead atoms. The van der Waals surface area contributed by atoms with Crippen molar-refractivity contribution in [2.75, 3.05) is 50.7 Å². The van der Waals surface area contributed by atoms with Crippen LogP contribution in [-0.4, -0.2) is 72.3 Å². The van der Waals surface area contributed by atoms with Crippen LogP contribution in [0, 0.1) is 13.8 Å². The quantitative estimate of drug-likeness (QED) is 0.399. The van der Waals surface area contributed by atoms with Gasteiger partial charge in [-0.05, 0) is 63.1 Å². The normalized spacial score (nSPS) is 14.0. The first kappa shape index (κ1) is 27.3. The minimum Gasteiger partial charge on any atom is -0.369 e. The maximum Gasteiger partial charge on any atom is 0.275 e. The Morgan fingerprint density at radius 2 is 1.66 bits per heavy atom. The van der Waals surface area contributed by atoms with Crippen LogP contribution in [0.4, 0.5) is 5.69 Å². The summed E-state index contributed by atoms with van der Waals surface area (Å²) in [7, 11) is 0. The summed E-state index contributed by atoms with van der Waals surface area (Å²) >= 11 is 0. The molecule has 0 spiro atoms. The zero-order chi connectivity index (χ0) is 27.1. The fourth-order valence-corrected chi connectivity index (χ4v) is 4.83. The lowest BCUT2D eigenvalue weighted by Crippen LogP contribution is -2.47. The molecule has 0 saturated carbocycles. The van der Waals surface area contributed by atoms with Crippen molar-refractivity contribution in [2.45, 2.75) is 40.2 Å². The standard InChI is InChI=1S/C29H38N6O3/c1-4-30-27(36)19-26-24-8-5-6-9-25(24)29(38)35(32-26)20-28(37)31-12-7-13-33-14-16-34(17-15-33)23-11-10-21(2)22(3)18-23/h5-6,8-11,18H,4,7,12-17,19-20H2,1-3H3,(H,30,36)(H,31,37). The Morgan fingerprint density at radius 3 is 2.37 bits per heavy atom. The lowest BCUT2D eigenvalue weighted by atomic mass is 10.1. The molecule has 0 atom stereocenters. The van der Waals surface area contributed by atoms with Gasteiger partial charge in [0.2, 0.25) is 11.8 Å². The first-order valence-corrected chi connectivity index (χ1v) is 13.4. The number of rotatable bonds is 10. The maximum absolute atomic E-state index is 12.9. The van der Waals surface area contributed by atoms with Crippen LogP contribution in [0.3, 0.4) is 0 Å². The van der Waals surface area contributed by atoms with Crippen LogP contribution in [0.25, 0.3) is 10.8 Å². The van der Waals surface area contributed by atoms with Gasteiger partial charge in [0.15, 0.2) is 0 Å². The summed E-state index contributed by atoms with van der Waals surface area (Å²) in [6, 6.07) is 13.7. The van der Waals surface area contributed by atoms with Gasteiger partial charge in [-0.2, -0.15) is 5.10 Å². The Balaban J connectivity index is 1.26. The summed E-state index contributed by atoms with van der Waals surface area (Å²) < 4.78 is 1.16. The molecule has 0 radical (unpaired) electrons. The second-order valence-corrected chi connectivity index (χ2v) is 9.89. The maximum atomic E-state index is 12.9. The van der Waals surface area contributed by atoms with Crippen LogP contribution in [0.1, 0.15) is 30.2 Å². The number of piperazine rings is 1. The molecule has 3 aromatic rings. The van der Waals surface area contributed by atoms with Gasteiger partial charge in [-0.3, -0.25) is 19.3 Å². The van der Waals surface area contributed by atoms with E-state index in [-0.39, 0.29) is 30.3 Å². The third kappa shape index (κ3) is 6.77. The number of carbonyl (C=O) groups is 2. The van der Waals surface area contributed by atoms with E-state index in [2.05, 4.69) is 57.6 Å². The number of likely N-dealkylation sites (N-methyl/N-ethyl adjacent to an activating group) is 1. The SMILES string of the molecule is CCNC(=O)Cc1nn(CC(=O)NCCCN2CCN(c3ccc(C)c(C)c3)CC2)c(=O)c2ccccc12. The van der Waals surface area contributed by atoms with Crippen LogP contribution in [0.15, 0.2) is 47.3 Å². The summed E-state index contributed by atoms with van der Waals surface area (Å²) in [5.41, 5.74) is 4.07. The third-order valence-corrected chi connectivity index (χ3v) is 7.14. The highest BCUT2D eigenvalue weighted by molar-refractivity contribution is 5.88. The van der Waals surface area contributed by atoms with Crippen molar-refractivity contribution in [1.82, 2.24) is 25.3 Å². The molecule has 1 saturated heterocycles. The minimum absolute atomic E-state index is 0.0486. The first-order chi connectivity index (χ1) is 18.4. The second kappa shape index (κ2) is 12.7. The fourth-order valence-electron chi connectivity index (χ4n) is 4.83. The van der Waals surface area contributed by atoms with Gasteiger partial charge in [-0.25, -0.2) is 4.68 Å². The minimum atomic E-state index is -0.336. The average Bonchev–Trinajstić information content (AvgIpc) is 2.91. The number of hydrogen-bond donors (Lipinski definition) is 2. The summed E-state index contributed by atoms with van der Waals surface area (Å²) in [5.74, 6) is -0.437. The summed E-state index contributed by atoms with van der Waals surface area (Å²) in [6.07, 6.45) is 0.880. The third-order valence-electron chi connectivity index (χ3n) is 7.14. The van der Waals surface area contributed by atoms with E-state index in [9.17, 15) is 14.4 Å². The van der Waals surface area contributed by atoms with Gasteiger partial charge in [0.05, 0.1) is 17.5 Å². The van der Waals surface area contributed by atoms with Gasteiger partial charge in [-0.1, -0.05) is 24.3 Å². The first-order valence-electron chi connectivity index (χ1n) is 13.4. The van der Waals surface area contributed by atoms with Crippen molar-refractivity contribution < 1.29 is 9.59 Å². The number of nitrogens with zero attached hydrogens (tertiary/aromatic N) is 4.